The third kappa shape index (κ3) is 3.25. The Labute approximate surface area is 121 Å². The lowest BCUT2D eigenvalue weighted by Crippen LogP contribution is -2.55. The van der Waals surface area contributed by atoms with Crippen molar-refractivity contribution >= 4 is 28.8 Å². The highest BCUT2D eigenvalue weighted by Crippen LogP contribution is 2.23. The van der Waals surface area contributed by atoms with Gasteiger partial charge in [-0.3, -0.25) is 0 Å². The van der Waals surface area contributed by atoms with E-state index >= 15 is 0 Å². The first-order chi connectivity index (χ1) is 9.54. The summed E-state index contributed by atoms with van der Waals surface area (Å²) in [6.45, 7) is 0. The van der Waals surface area contributed by atoms with Crippen molar-refractivity contribution in [2.24, 2.45) is 0 Å². The molecule has 0 aliphatic rings. The first-order valence-electron chi connectivity index (χ1n) is 6.26. The second-order valence-corrected chi connectivity index (χ2v) is 9.69. The highest BCUT2D eigenvalue weighted by atomic mass is 35.6. The van der Waals surface area contributed by atoms with Gasteiger partial charge < -0.3 is 0 Å². The van der Waals surface area contributed by atoms with Crippen LogP contribution in [0.4, 0.5) is 13.2 Å². The smallest absolute Gasteiger partial charge is 0.241 e. The van der Waals surface area contributed by atoms with Crippen LogP contribution in [0.25, 0.3) is 0 Å². The Bertz CT molecular complexity index is 494. The van der Waals surface area contributed by atoms with Crippen LogP contribution in [-0.4, -0.2) is 20.0 Å². The minimum Gasteiger partial charge on any atom is -0.241 e. The maximum atomic E-state index is 13.6. The molecule has 0 saturated heterocycles. The van der Waals surface area contributed by atoms with Gasteiger partial charge in [0.1, 0.15) is 0 Å². The fraction of sp³-hybridized carbons (Fsp3) is 0.200. The molecular weight excluding hydrogens is 301 g/mol. The van der Waals surface area contributed by atoms with Gasteiger partial charge in [-0.25, -0.2) is 13.2 Å². The number of hydrogen-bond acceptors (Lipinski definition) is 0. The molecule has 0 bridgehead atoms. The van der Waals surface area contributed by atoms with E-state index in [1.807, 2.05) is 12.1 Å². The van der Waals surface area contributed by atoms with Crippen LogP contribution in [0, 0.1) is 0 Å². The number of benzene rings is 2. The van der Waals surface area contributed by atoms with Crippen LogP contribution in [-0.2, 0) is 0 Å². The molecule has 0 aromatic heterocycles. The average Bonchev–Trinajstić information content (AvgIpc) is 2.48. The van der Waals surface area contributed by atoms with Crippen LogP contribution in [0.5, 0.6) is 0 Å². The van der Waals surface area contributed by atoms with Crippen LogP contribution >= 0.6 is 11.1 Å². The third-order valence-corrected chi connectivity index (χ3v) is 8.43. The van der Waals surface area contributed by atoms with E-state index < -0.39 is 20.0 Å². The molecule has 0 fully saturated rings. The molecule has 1 unspecified atom stereocenters. The maximum absolute atomic E-state index is 13.6. The summed E-state index contributed by atoms with van der Waals surface area (Å²) in [5.74, 6) is 0. The number of hydrogen-bond donors (Lipinski definition) is 0. The Kier molecular flexibility index (Phi) is 4.89. The molecule has 0 saturated carbocycles. The molecule has 0 heterocycles. The van der Waals surface area contributed by atoms with Gasteiger partial charge in [-0.05, 0) is 10.4 Å². The predicted octanol–water partition coefficient (Wildman–Crippen LogP) is 3.59. The van der Waals surface area contributed by atoms with Crippen molar-refractivity contribution in [1.29, 1.82) is 0 Å². The minimum atomic E-state index is -3.01. The first kappa shape index (κ1) is 15.1. The standard InChI is InChI=1S/C15H14ClF3Si/c16-20(11-14(17)15(18)19,12-7-3-1-4-8-12)13-9-5-2-6-10-13/h1-10,14-15H,11H2. The van der Waals surface area contributed by atoms with Crippen LogP contribution < -0.4 is 10.4 Å². The van der Waals surface area contributed by atoms with Crippen LogP contribution in [0.2, 0.25) is 6.04 Å². The van der Waals surface area contributed by atoms with E-state index in [4.69, 9.17) is 11.1 Å². The van der Waals surface area contributed by atoms with Gasteiger partial charge in [0.05, 0.1) is 0 Å². The van der Waals surface area contributed by atoms with E-state index in [2.05, 4.69) is 0 Å². The summed E-state index contributed by atoms with van der Waals surface area (Å²) in [6, 6.07) is 17.6. The van der Waals surface area contributed by atoms with Crippen molar-refractivity contribution in [2.75, 3.05) is 0 Å². The molecule has 0 nitrogen and oxygen atoms in total. The summed E-state index contributed by atoms with van der Waals surface area (Å²) >= 11 is 6.69. The zero-order valence-corrected chi connectivity index (χ0v) is 12.4. The van der Waals surface area contributed by atoms with Gasteiger partial charge in [0, 0.05) is 6.04 Å². The van der Waals surface area contributed by atoms with Crippen molar-refractivity contribution < 1.29 is 13.2 Å². The summed E-state index contributed by atoms with van der Waals surface area (Å²) in [7, 11) is -3.01. The molecule has 2 aromatic carbocycles. The predicted molar refractivity (Wildman–Crippen MR) is 79.5 cm³/mol. The zero-order chi connectivity index (χ0) is 14.6. The highest BCUT2D eigenvalue weighted by molar-refractivity contribution is 7.34. The van der Waals surface area contributed by atoms with Gasteiger partial charge in [0.15, 0.2) is 6.17 Å². The van der Waals surface area contributed by atoms with Crippen molar-refractivity contribution in [3.05, 3.63) is 60.7 Å². The lowest BCUT2D eigenvalue weighted by Gasteiger charge is -2.27. The Morgan fingerprint density at radius 1 is 0.800 bits per heavy atom. The Balaban J connectivity index is 2.44. The molecule has 1 atom stereocenters. The molecule has 20 heavy (non-hydrogen) atoms. The molecule has 5 heteroatoms. The van der Waals surface area contributed by atoms with E-state index in [9.17, 15) is 13.2 Å². The first-order valence-corrected chi connectivity index (χ1v) is 9.48. The molecule has 0 N–H and O–H groups in total. The number of rotatable bonds is 5. The molecule has 0 aliphatic heterocycles. The van der Waals surface area contributed by atoms with Crippen LogP contribution in [0.1, 0.15) is 0 Å². The molecule has 2 aromatic rings. The van der Waals surface area contributed by atoms with Crippen molar-refractivity contribution in [3.63, 3.8) is 0 Å². The van der Waals surface area contributed by atoms with E-state index in [-0.39, 0.29) is 6.04 Å². The highest BCUT2D eigenvalue weighted by Gasteiger charge is 2.40. The monoisotopic (exact) mass is 314 g/mol. The van der Waals surface area contributed by atoms with Gasteiger partial charge in [-0.15, -0.1) is 0 Å². The second-order valence-electron chi connectivity index (χ2n) is 4.59. The molecule has 0 radical (unpaired) electrons. The number of halogens is 4. The zero-order valence-electron chi connectivity index (χ0n) is 10.6. The molecule has 0 aliphatic carbocycles. The van der Waals surface area contributed by atoms with E-state index in [1.165, 1.54) is 0 Å². The Morgan fingerprint density at radius 2 is 1.20 bits per heavy atom. The Morgan fingerprint density at radius 3 is 1.55 bits per heavy atom. The maximum Gasteiger partial charge on any atom is 0.269 e. The fourth-order valence-corrected chi connectivity index (χ4v) is 6.32. The molecule has 0 amide bonds. The topological polar surface area (TPSA) is 0 Å². The summed E-state index contributed by atoms with van der Waals surface area (Å²) in [5, 5.41) is 1.49. The van der Waals surface area contributed by atoms with Gasteiger partial charge in [0.25, 0.3) is 6.43 Å². The SMILES string of the molecule is FC(F)C(F)C[Si](Cl)(c1ccccc1)c1ccccc1. The fourth-order valence-electron chi connectivity index (χ4n) is 2.16. The van der Waals surface area contributed by atoms with Crippen LogP contribution in [0.3, 0.4) is 0 Å². The van der Waals surface area contributed by atoms with Crippen molar-refractivity contribution in [1.82, 2.24) is 0 Å². The van der Waals surface area contributed by atoms with Crippen molar-refractivity contribution in [3.8, 4) is 0 Å². The number of alkyl halides is 3. The second kappa shape index (κ2) is 6.46. The van der Waals surface area contributed by atoms with E-state index in [1.54, 1.807) is 48.5 Å². The van der Waals surface area contributed by atoms with Gasteiger partial charge in [0.2, 0.25) is 7.38 Å². The lowest BCUT2D eigenvalue weighted by molar-refractivity contribution is 0.0600. The summed E-state index contributed by atoms with van der Waals surface area (Å²) in [5.41, 5.74) is 0. The van der Waals surface area contributed by atoms with E-state index in [0.29, 0.717) is 0 Å². The van der Waals surface area contributed by atoms with Gasteiger partial charge in [-0.1, -0.05) is 60.7 Å². The quantitative estimate of drug-likeness (QED) is 0.584. The Hall–Kier alpha value is -1.26. The summed E-state index contributed by atoms with van der Waals surface area (Å²) in [6.07, 6.45) is -5.22. The summed E-state index contributed by atoms with van der Waals surface area (Å²) in [4.78, 5) is 0. The van der Waals surface area contributed by atoms with Crippen LogP contribution in [0.15, 0.2) is 60.7 Å². The molecule has 0 spiro atoms. The van der Waals surface area contributed by atoms with Crippen molar-refractivity contribution in [2.45, 2.75) is 18.6 Å². The third-order valence-electron chi connectivity index (χ3n) is 3.21. The normalized spacial score (nSPS) is 13.4. The molecule has 2 rings (SSSR count). The average molecular weight is 315 g/mol. The minimum absolute atomic E-state index is 0.333. The lowest BCUT2D eigenvalue weighted by atomic mass is 10.4. The van der Waals surface area contributed by atoms with Gasteiger partial charge >= 0.3 is 0 Å². The molecular formula is C15H14ClF3Si. The van der Waals surface area contributed by atoms with Gasteiger partial charge in [-0.2, -0.15) is 11.1 Å². The summed E-state index contributed by atoms with van der Waals surface area (Å²) < 4.78 is 38.7. The van der Waals surface area contributed by atoms with E-state index in [0.717, 1.165) is 10.4 Å². The largest absolute Gasteiger partial charge is 0.269 e. The molecule has 106 valence electrons.